The summed E-state index contributed by atoms with van der Waals surface area (Å²) < 4.78 is 31.1. The van der Waals surface area contributed by atoms with Crippen LogP contribution in [0.1, 0.15) is 28.8 Å². The highest BCUT2D eigenvalue weighted by Crippen LogP contribution is 2.31. The van der Waals surface area contributed by atoms with Crippen molar-refractivity contribution in [2.24, 2.45) is 5.92 Å². The molecule has 2 aliphatic rings. The Labute approximate surface area is 172 Å². The number of ether oxygens (including phenoxy) is 1. The van der Waals surface area contributed by atoms with Crippen LogP contribution in [0.4, 0.5) is 5.69 Å². The van der Waals surface area contributed by atoms with E-state index >= 15 is 0 Å². The van der Waals surface area contributed by atoms with Crippen molar-refractivity contribution in [1.29, 1.82) is 0 Å². The lowest BCUT2D eigenvalue weighted by molar-refractivity contribution is 0.0633. The molecule has 1 saturated heterocycles. The van der Waals surface area contributed by atoms with E-state index < -0.39 is 10.0 Å². The van der Waals surface area contributed by atoms with Crippen molar-refractivity contribution in [2.75, 3.05) is 36.8 Å². The van der Waals surface area contributed by atoms with Gasteiger partial charge in [0.2, 0.25) is 10.0 Å². The number of benzene rings is 2. The third-order valence-corrected chi connectivity index (χ3v) is 6.79. The number of fused-ring (bicyclic) bond motifs is 1. The molecule has 0 radical (unpaired) electrons. The smallest absolute Gasteiger partial charge is 0.253 e. The SMILES string of the molecule is CS(=O)(=O)N1CCc2cc(C(=O)N3CCCC(COc4ccccc4)C3)ccc21. The summed E-state index contributed by atoms with van der Waals surface area (Å²) in [7, 11) is -3.28. The Bertz CT molecular complexity index is 991. The summed E-state index contributed by atoms with van der Waals surface area (Å²) in [5, 5.41) is 0. The van der Waals surface area contributed by atoms with Gasteiger partial charge in [-0.1, -0.05) is 18.2 Å². The van der Waals surface area contributed by atoms with E-state index in [9.17, 15) is 13.2 Å². The Balaban J connectivity index is 1.42. The van der Waals surface area contributed by atoms with Gasteiger partial charge in [0.05, 0.1) is 18.6 Å². The van der Waals surface area contributed by atoms with Gasteiger partial charge < -0.3 is 9.64 Å². The summed E-state index contributed by atoms with van der Waals surface area (Å²) in [4.78, 5) is 14.9. The van der Waals surface area contributed by atoms with Crippen molar-refractivity contribution in [3.8, 4) is 5.75 Å². The number of nitrogens with zero attached hydrogens (tertiary/aromatic N) is 2. The van der Waals surface area contributed by atoms with Crippen LogP contribution in [-0.4, -0.2) is 51.7 Å². The minimum atomic E-state index is -3.28. The molecule has 1 unspecified atom stereocenters. The topological polar surface area (TPSA) is 66.9 Å². The summed E-state index contributed by atoms with van der Waals surface area (Å²) in [6.07, 6.45) is 3.86. The van der Waals surface area contributed by atoms with Crippen molar-refractivity contribution in [3.05, 3.63) is 59.7 Å². The number of carbonyl (C=O) groups excluding carboxylic acids is 1. The summed E-state index contributed by atoms with van der Waals surface area (Å²) in [6, 6.07) is 15.1. The Hall–Kier alpha value is -2.54. The molecule has 0 bridgehead atoms. The average Bonchev–Trinajstić information content (AvgIpc) is 3.16. The molecule has 0 N–H and O–H groups in total. The molecule has 4 rings (SSSR count). The molecule has 7 heteroatoms. The first-order valence-corrected chi connectivity index (χ1v) is 11.8. The van der Waals surface area contributed by atoms with Crippen LogP contribution in [0.25, 0.3) is 0 Å². The second-order valence-electron chi connectivity index (χ2n) is 7.81. The first-order valence-electron chi connectivity index (χ1n) is 9.99. The van der Waals surface area contributed by atoms with Gasteiger partial charge in [0.25, 0.3) is 5.91 Å². The second kappa shape index (κ2) is 8.06. The molecule has 1 fully saturated rings. The van der Waals surface area contributed by atoms with Gasteiger partial charge in [-0.05, 0) is 55.2 Å². The van der Waals surface area contributed by atoms with Crippen LogP contribution < -0.4 is 9.04 Å². The van der Waals surface area contributed by atoms with E-state index in [4.69, 9.17) is 4.74 Å². The molecule has 0 aliphatic carbocycles. The van der Waals surface area contributed by atoms with Crippen molar-refractivity contribution in [2.45, 2.75) is 19.3 Å². The lowest BCUT2D eigenvalue weighted by Gasteiger charge is -2.33. The van der Waals surface area contributed by atoms with Crippen LogP contribution in [-0.2, 0) is 16.4 Å². The fraction of sp³-hybridized carbons (Fsp3) is 0.409. The number of rotatable bonds is 5. The van der Waals surface area contributed by atoms with Crippen LogP contribution >= 0.6 is 0 Å². The molecule has 0 aromatic heterocycles. The Morgan fingerprint density at radius 1 is 1.14 bits per heavy atom. The number of hydrogen-bond acceptors (Lipinski definition) is 4. The highest BCUT2D eigenvalue weighted by molar-refractivity contribution is 7.92. The summed E-state index contributed by atoms with van der Waals surface area (Å²) >= 11 is 0. The van der Waals surface area contributed by atoms with Gasteiger partial charge in [0, 0.05) is 31.1 Å². The van der Waals surface area contributed by atoms with Crippen LogP contribution in [0.2, 0.25) is 0 Å². The fourth-order valence-corrected chi connectivity index (χ4v) is 5.11. The summed E-state index contributed by atoms with van der Waals surface area (Å²) in [5.41, 5.74) is 2.24. The first-order chi connectivity index (χ1) is 13.9. The van der Waals surface area contributed by atoms with Crippen LogP contribution in [0.3, 0.4) is 0 Å². The minimum Gasteiger partial charge on any atom is -0.493 e. The summed E-state index contributed by atoms with van der Waals surface area (Å²) in [6.45, 7) is 2.46. The molecular weight excluding hydrogens is 388 g/mol. The summed E-state index contributed by atoms with van der Waals surface area (Å²) in [5.74, 6) is 1.17. The standard InChI is InChI=1S/C22H26N2O4S/c1-29(26,27)24-13-11-18-14-19(9-10-21(18)24)22(25)23-12-5-6-17(15-23)16-28-20-7-3-2-4-8-20/h2-4,7-10,14,17H,5-6,11-13,15-16H2,1H3. The van der Waals surface area contributed by atoms with Gasteiger partial charge in [-0.2, -0.15) is 0 Å². The Morgan fingerprint density at radius 2 is 1.93 bits per heavy atom. The van der Waals surface area contributed by atoms with E-state index in [1.54, 1.807) is 12.1 Å². The van der Waals surface area contributed by atoms with E-state index in [1.165, 1.54) is 10.6 Å². The third kappa shape index (κ3) is 4.40. The van der Waals surface area contributed by atoms with E-state index in [1.807, 2.05) is 41.3 Å². The molecule has 2 heterocycles. The van der Waals surface area contributed by atoms with Gasteiger partial charge >= 0.3 is 0 Å². The van der Waals surface area contributed by atoms with Crippen LogP contribution in [0, 0.1) is 5.92 Å². The second-order valence-corrected chi connectivity index (χ2v) is 9.72. The number of amides is 1. The molecule has 1 amide bonds. The van der Waals surface area contributed by atoms with E-state index in [2.05, 4.69) is 0 Å². The molecule has 2 aromatic carbocycles. The average molecular weight is 415 g/mol. The minimum absolute atomic E-state index is 0.00927. The number of carbonyl (C=O) groups is 1. The normalized spacial score (nSPS) is 19.1. The van der Waals surface area contributed by atoms with Crippen molar-refractivity contribution < 1.29 is 17.9 Å². The van der Waals surface area contributed by atoms with Crippen LogP contribution in [0.15, 0.2) is 48.5 Å². The van der Waals surface area contributed by atoms with Gasteiger partial charge in [0.15, 0.2) is 0 Å². The highest BCUT2D eigenvalue weighted by atomic mass is 32.2. The molecule has 0 saturated carbocycles. The van der Waals surface area contributed by atoms with Gasteiger partial charge in [0.1, 0.15) is 5.75 Å². The zero-order valence-electron chi connectivity index (χ0n) is 16.6. The monoisotopic (exact) mass is 414 g/mol. The molecular formula is C22H26N2O4S. The third-order valence-electron chi connectivity index (χ3n) is 5.61. The van der Waals surface area contributed by atoms with Gasteiger partial charge in [-0.3, -0.25) is 9.10 Å². The molecule has 2 aromatic rings. The van der Waals surface area contributed by atoms with Crippen molar-refractivity contribution in [3.63, 3.8) is 0 Å². The van der Waals surface area contributed by atoms with E-state index in [0.717, 1.165) is 30.7 Å². The lowest BCUT2D eigenvalue weighted by atomic mass is 9.98. The predicted octanol–water partition coefficient (Wildman–Crippen LogP) is 2.94. The van der Waals surface area contributed by atoms with E-state index in [0.29, 0.717) is 43.3 Å². The van der Waals surface area contributed by atoms with Crippen molar-refractivity contribution in [1.82, 2.24) is 4.90 Å². The Kier molecular flexibility index (Phi) is 5.50. The lowest BCUT2D eigenvalue weighted by Crippen LogP contribution is -2.41. The molecule has 6 nitrogen and oxygen atoms in total. The first kappa shape index (κ1) is 19.8. The van der Waals surface area contributed by atoms with Crippen molar-refractivity contribution >= 4 is 21.6 Å². The molecule has 29 heavy (non-hydrogen) atoms. The Morgan fingerprint density at radius 3 is 2.69 bits per heavy atom. The fourth-order valence-electron chi connectivity index (χ4n) is 4.15. The quantitative estimate of drug-likeness (QED) is 0.755. The highest BCUT2D eigenvalue weighted by Gasteiger charge is 2.29. The van der Waals surface area contributed by atoms with Gasteiger partial charge in [-0.25, -0.2) is 8.42 Å². The number of anilines is 1. The maximum absolute atomic E-state index is 13.1. The maximum Gasteiger partial charge on any atom is 0.253 e. The molecule has 0 spiro atoms. The molecule has 2 aliphatic heterocycles. The number of para-hydroxylation sites is 1. The van der Waals surface area contributed by atoms with E-state index in [-0.39, 0.29) is 5.91 Å². The number of likely N-dealkylation sites (tertiary alicyclic amines) is 1. The number of piperidine rings is 1. The predicted molar refractivity (Wildman–Crippen MR) is 113 cm³/mol. The maximum atomic E-state index is 13.1. The largest absolute Gasteiger partial charge is 0.493 e. The number of sulfonamides is 1. The van der Waals surface area contributed by atoms with Gasteiger partial charge in [-0.15, -0.1) is 0 Å². The zero-order valence-corrected chi connectivity index (χ0v) is 17.4. The molecule has 1 atom stereocenters. The zero-order chi connectivity index (χ0) is 20.4. The number of hydrogen-bond donors (Lipinski definition) is 0. The molecule has 154 valence electrons. The van der Waals surface area contributed by atoms with Crippen LogP contribution in [0.5, 0.6) is 5.75 Å².